The molecule has 0 amide bonds. The zero-order valence-electron chi connectivity index (χ0n) is 15.4. The zero-order chi connectivity index (χ0) is 30.7. The molecular formula is C10F22N2O2S. The molecule has 0 aromatic rings. The molecule has 1 saturated heterocycles. The third-order valence-electron chi connectivity index (χ3n) is 4.20. The van der Waals surface area contributed by atoms with E-state index in [1.807, 2.05) is 0 Å². The van der Waals surface area contributed by atoms with Crippen molar-refractivity contribution in [3.8, 4) is 0 Å². The summed E-state index contributed by atoms with van der Waals surface area (Å²) in [5, 5.41) is -13.3. The van der Waals surface area contributed by atoms with Gasteiger partial charge in [0, 0.05) is 0 Å². The summed E-state index contributed by atoms with van der Waals surface area (Å²) in [4.78, 5) is 0. The highest BCUT2D eigenvalue weighted by atomic mass is 32.2. The van der Waals surface area contributed by atoms with Gasteiger partial charge in [-0.3, -0.25) is 0 Å². The highest BCUT2D eigenvalue weighted by Gasteiger charge is 2.96. The lowest BCUT2D eigenvalue weighted by Gasteiger charge is -2.49. The third-order valence-corrected chi connectivity index (χ3v) is 6.04. The van der Waals surface area contributed by atoms with E-state index in [0.717, 1.165) is 0 Å². The van der Waals surface area contributed by atoms with E-state index in [1.54, 1.807) is 0 Å². The minimum absolute atomic E-state index is 4.21. The van der Waals surface area contributed by atoms with Gasteiger partial charge in [-0.15, -0.1) is 4.48 Å². The van der Waals surface area contributed by atoms with Gasteiger partial charge in [-0.25, -0.2) is 8.42 Å². The lowest BCUT2D eigenvalue weighted by atomic mass is 9.98. The van der Waals surface area contributed by atoms with Crippen LogP contribution in [0.4, 0.5) is 96.7 Å². The maximum atomic E-state index is 13.8. The van der Waals surface area contributed by atoms with Crippen molar-refractivity contribution in [3.05, 3.63) is 0 Å². The highest BCUT2D eigenvalue weighted by Crippen LogP contribution is 2.64. The maximum Gasteiger partial charge on any atom is 0.460 e. The quantitative estimate of drug-likeness (QED) is 0.209. The molecule has 0 unspecified atom stereocenters. The van der Waals surface area contributed by atoms with E-state index in [1.165, 1.54) is 0 Å². The van der Waals surface area contributed by atoms with E-state index in [2.05, 4.69) is 0 Å². The summed E-state index contributed by atoms with van der Waals surface area (Å²) in [5.41, 5.74) is 0. The fraction of sp³-hybridized carbons (Fsp3) is 1.00. The average Bonchev–Trinajstić information content (AvgIpc) is 2.63. The molecule has 1 rings (SSSR count). The Kier molecular flexibility index (Phi) is 6.95. The smallest absolute Gasteiger partial charge is 0.205 e. The monoisotopic (exact) mass is 630 g/mol. The van der Waals surface area contributed by atoms with Gasteiger partial charge in [0.05, 0.1) is 0 Å². The van der Waals surface area contributed by atoms with Crippen LogP contribution in [0.15, 0.2) is 0 Å². The van der Waals surface area contributed by atoms with Gasteiger partial charge in [0.1, 0.15) is 0 Å². The molecule has 222 valence electrons. The van der Waals surface area contributed by atoms with Gasteiger partial charge in [0.2, 0.25) is 0 Å². The van der Waals surface area contributed by atoms with E-state index in [-0.39, 0.29) is 0 Å². The van der Waals surface area contributed by atoms with E-state index in [9.17, 15) is 105 Å². The van der Waals surface area contributed by atoms with Crippen molar-refractivity contribution in [2.45, 2.75) is 59.3 Å². The fourth-order valence-corrected chi connectivity index (χ4v) is 3.67. The standard InChI is InChI=1S/C10F22N2O2S/c11-1(12,3(15,16)5(19,20)21)2(13,14)4(17,18)10(30,31)37(35,36)34-8(26,27)6(22,23)33(32)7(24,25)9(34,28)29. The van der Waals surface area contributed by atoms with Gasteiger partial charge >= 0.3 is 59.3 Å². The van der Waals surface area contributed by atoms with Crippen LogP contribution in [0.5, 0.6) is 0 Å². The Balaban J connectivity index is 4.03. The Morgan fingerprint density at radius 3 is 1.00 bits per heavy atom. The molecule has 37 heavy (non-hydrogen) atoms. The average molecular weight is 630 g/mol. The molecule has 0 N–H and O–H groups in total. The van der Waals surface area contributed by atoms with Gasteiger partial charge < -0.3 is 0 Å². The van der Waals surface area contributed by atoms with Crippen LogP contribution < -0.4 is 0 Å². The predicted molar refractivity (Wildman–Crippen MR) is 64.3 cm³/mol. The Morgan fingerprint density at radius 1 is 0.459 bits per heavy atom. The van der Waals surface area contributed by atoms with Gasteiger partial charge in [-0.2, -0.15) is 92.2 Å². The summed E-state index contributed by atoms with van der Waals surface area (Å²) in [6.45, 7) is 0. The number of nitrogens with zero attached hydrogens (tertiary/aromatic N) is 2. The van der Waals surface area contributed by atoms with E-state index < -0.39 is 78.8 Å². The number of rotatable bonds is 6. The molecule has 0 radical (unpaired) electrons. The Morgan fingerprint density at radius 2 is 0.730 bits per heavy atom. The molecule has 1 aliphatic rings. The lowest BCUT2D eigenvalue weighted by Crippen LogP contribution is -2.82. The predicted octanol–water partition coefficient (Wildman–Crippen LogP) is 5.89. The molecule has 0 aromatic heterocycles. The second-order valence-electron chi connectivity index (χ2n) is 6.53. The minimum atomic E-state index is -9.87. The summed E-state index contributed by atoms with van der Waals surface area (Å²) in [5.74, 6) is -35.9. The molecular weight excluding hydrogens is 630 g/mol. The largest absolute Gasteiger partial charge is 0.460 e. The van der Waals surface area contributed by atoms with Crippen LogP contribution in [0.1, 0.15) is 0 Å². The van der Waals surface area contributed by atoms with Crippen molar-refractivity contribution in [3.63, 3.8) is 0 Å². The summed E-state index contributed by atoms with van der Waals surface area (Å²) in [6.07, 6.45) is -8.08. The van der Waals surface area contributed by atoms with Gasteiger partial charge in [0.15, 0.2) is 0 Å². The number of halogens is 22. The second-order valence-corrected chi connectivity index (χ2v) is 8.36. The van der Waals surface area contributed by atoms with Crippen LogP contribution in [-0.4, -0.2) is 77.2 Å². The van der Waals surface area contributed by atoms with Crippen LogP contribution in [0.25, 0.3) is 0 Å². The van der Waals surface area contributed by atoms with Crippen molar-refractivity contribution in [1.82, 2.24) is 9.43 Å². The van der Waals surface area contributed by atoms with Crippen molar-refractivity contribution in [1.29, 1.82) is 0 Å². The molecule has 27 heteroatoms. The van der Waals surface area contributed by atoms with Crippen LogP contribution in [0, 0.1) is 0 Å². The van der Waals surface area contributed by atoms with Crippen molar-refractivity contribution >= 4 is 10.0 Å². The first kappa shape index (κ1) is 33.4. The zero-order valence-corrected chi connectivity index (χ0v) is 16.3. The van der Waals surface area contributed by atoms with Gasteiger partial charge in [-0.1, -0.05) is 4.31 Å². The van der Waals surface area contributed by atoms with E-state index >= 15 is 0 Å². The number of hydrogen-bond donors (Lipinski definition) is 0. The molecule has 4 nitrogen and oxygen atoms in total. The summed E-state index contributed by atoms with van der Waals surface area (Å²) in [7, 11) is -9.87. The second kappa shape index (κ2) is 7.71. The van der Waals surface area contributed by atoms with Crippen LogP contribution >= 0.6 is 0 Å². The SMILES string of the molecule is O=S(=O)(N1C(F)(F)C(F)(F)N(F)C(F)(F)C1(F)F)C(F)(F)C(F)(F)C(F)(F)C(F)(F)C(F)(F)C(F)(F)F. The van der Waals surface area contributed by atoms with Crippen molar-refractivity contribution < 1.29 is 105 Å². The molecule has 0 spiro atoms. The first-order valence-electron chi connectivity index (χ1n) is 7.50. The first-order chi connectivity index (χ1) is 15.5. The molecule has 1 fully saturated rings. The fourth-order valence-electron chi connectivity index (χ4n) is 2.17. The number of alkyl halides is 21. The lowest BCUT2D eigenvalue weighted by molar-refractivity contribution is -0.523. The molecule has 0 atom stereocenters. The Hall–Kier alpha value is -1.67. The summed E-state index contributed by atoms with van der Waals surface area (Å²) >= 11 is 0. The summed E-state index contributed by atoms with van der Waals surface area (Å²) < 4.78 is 306. The Bertz CT molecular complexity index is 985. The molecule has 0 aliphatic carbocycles. The van der Waals surface area contributed by atoms with Gasteiger partial charge in [0.25, 0.3) is 10.0 Å². The molecule has 0 bridgehead atoms. The number of piperazine rings is 1. The first-order valence-corrected chi connectivity index (χ1v) is 8.94. The summed E-state index contributed by atoms with van der Waals surface area (Å²) in [6, 6.07) is -31.9. The third kappa shape index (κ3) is 3.56. The van der Waals surface area contributed by atoms with Crippen LogP contribution in [-0.2, 0) is 10.0 Å². The van der Waals surface area contributed by atoms with Crippen molar-refractivity contribution in [2.75, 3.05) is 0 Å². The minimum Gasteiger partial charge on any atom is -0.205 e. The van der Waals surface area contributed by atoms with Gasteiger partial charge in [-0.05, 0) is 5.12 Å². The maximum absolute atomic E-state index is 13.8. The number of hydrogen-bond acceptors (Lipinski definition) is 3. The molecule has 1 heterocycles. The molecule has 0 saturated carbocycles. The number of sulfonamides is 1. The topological polar surface area (TPSA) is 40.6 Å². The van der Waals surface area contributed by atoms with Crippen molar-refractivity contribution in [2.24, 2.45) is 0 Å². The normalized spacial score (nSPS) is 24.3. The van der Waals surface area contributed by atoms with Crippen LogP contribution in [0.3, 0.4) is 0 Å². The molecule has 1 aliphatic heterocycles. The molecule has 0 aromatic carbocycles. The van der Waals surface area contributed by atoms with E-state index in [0.29, 0.717) is 0 Å². The highest BCUT2D eigenvalue weighted by molar-refractivity contribution is 7.90. The van der Waals surface area contributed by atoms with E-state index in [4.69, 9.17) is 0 Å². The Labute approximate surface area is 185 Å². The van der Waals surface area contributed by atoms with Crippen LogP contribution in [0.2, 0.25) is 0 Å².